The average Bonchev–Trinajstić information content (AvgIpc) is 2.42. The van der Waals surface area contributed by atoms with Crippen LogP contribution >= 0.6 is 50.1 Å². The Labute approximate surface area is 143 Å². The maximum Gasteiger partial charge on any atom is 0.269 e. The third-order valence-corrected chi connectivity index (χ3v) is 4.72. The Bertz CT molecular complexity index is 634. The van der Waals surface area contributed by atoms with Gasteiger partial charge >= 0.3 is 0 Å². The lowest BCUT2D eigenvalue weighted by Crippen LogP contribution is -1.99. The molecule has 0 N–H and O–H groups in total. The summed E-state index contributed by atoms with van der Waals surface area (Å²) in [5.41, 5.74) is 2.13. The predicted molar refractivity (Wildman–Crippen MR) is 92.3 cm³/mol. The van der Waals surface area contributed by atoms with Crippen molar-refractivity contribution < 1.29 is 4.92 Å². The summed E-state index contributed by atoms with van der Waals surface area (Å²) in [6, 6.07) is 12.5. The number of hydrogen-bond acceptors (Lipinski definition) is 2. The van der Waals surface area contributed by atoms with Crippen molar-refractivity contribution in [2.75, 3.05) is 0 Å². The Morgan fingerprint density at radius 3 is 2.50 bits per heavy atom. The fourth-order valence-electron chi connectivity index (χ4n) is 1.83. The van der Waals surface area contributed by atoms with Crippen molar-refractivity contribution >= 4 is 55.8 Å². The number of rotatable bonds is 4. The van der Waals surface area contributed by atoms with E-state index in [0.29, 0.717) is 6.42 Å². The number of halogens is 3. The highest BCUT2D eigenvalue weighted by molar-refractivity contribution is 14.1. The molecule has 0 aliphatic carbocycles. The van der Waals surface area contributed by atoms with Gasteiger partial charge in [0.05, 0.1) is 10.3 Å². The van der Waals surface area contributed by atoms with Crippen LogP contribution in [0.5, 0.6) is 0 Å². The molecule has 1 atom stereocenters. The molecule has 0 fully saturated rings. The van der Waals surface area contributed by atoms with E-state index in [1.807, 2.05) is 18.2 Å². The summed E-state index contributed by atoms with van der Waals surface area (Å²) in [7, 11) is 0. The smallest absolute Gasteiger partial charge is 0.258 e. The molecular formula is C14H10BrClINO2. The molecule has 20 heavy (non-hydrogen) atoms. The van der Waals surface area contributed by atoms with E-state index in [0.717, 1.165) is 19.2 Å². The van der Waals surface area contributed by atoms with Crippen LogP contribution in [0.25, 0.3) is 0 Å². The van der Waals surface area contributed by atoms with Gasteiger partial charge in [-0.2, -0.15) is 0 Å². The zero-order valence-electron chi connectivity index (χ0n) is 10.2. The fraction of sp³-hybridized carbons (Fsp3) is 0.143. The van der Waals surface area contributed by atoms with Crippen LogP contribution in [-0.2, 0) is 6.42 Å². The minimum atomic E-state index is -0.404. The van der Waals surface area contributed by atoms with Gasteiger partial charge in [0.1, 0.15) is 0 Å². The SMILES string of the molecule is O=[N+]([O-])c1ccc(CC(Cl)c2cc(Br)ccc2I)cc1. The molecule has 0 saturated carbocycles. The van der Waals surface area contributed by atoms with Crippen molar-refractivity contribution in [2.24, 2.45) is 0 Å². The zero-order valence-corrected chi connectivity index (χ0v) is 14.7. The van der Waals surface area contributed by atoms with Crippen LogP contribution < -0.4 is 0 Å². The van der Waals surface area contributed by atoms with Crippen LogP contribution in [0.1, 0.15) is 16.5 Å². The summed E-state index contributed by atoms with van der Waals surface area (Å²) < 4.78 is 2.09. The van der Waals surface area contributed by atoms with Gasteiger partial charge in [0.25, 0.3) is 5.69 Å². The van der Waals surface area contributed by atoms with Gasteiger partial charge in [0.15, 0.2) is 0 Å². The van der Waals surface area contributed by atoms with E-state index in [2.05, 4.69) is 38.5 Å². The maximum atomic E-state index is 10.6. The predicted octanol–water partition coefficient (Wildman–Crippen LogP) is 5.48. The Kier molecular flexibility index (Phi) is 5.40. The second-order valence-corrected chi connectivity index (χ2v) is 6.87. The van der Waals surface area contributed by atoms with Gasteiger partial charge in [0.2, 0.25) is 0 Å². The van der Waals surface area contributed by atoms with Gasteiger partial charge in [-0.05, 0) is 58.3 Å². The molecule has 6 heteroatoms. The second-order valence-electron chi connectivity index (χ2n) is 4.26. The van der Waals surface area contributed by atoms with E-state index in [1.54, 1.807) is 12.1 Å². The van der Waals surface area contributed by atoms with E-state index in [4.69, 9.17) is 11.6 Å². The van der Waals surface area contributed by atoms with Crippen LogP contribution in [-0.4, -0.2) is 4.92 Å². The molecule has 2 aromatic carbocycles. The first kappa shape index (κ1) is 15.7. The number of nitro groups is 1. The number of nitrogens with zero attached hydrogens (tertiary/aromatic N) is 1. The minimum absolute atomic E-state index is 0.0944. The molecule has 2 aromatic rings. The molecule has 0 aromatic heterocycles. The summed E-state index contributed by atoms with van der Waals surface area (Å²) in [6.07, 6.45) is 0.631. The molecule has 3 nitrogen and oxygen atoms in total. The van der Waals surface area contributed by atoms with Gasteiger partial charge < -0.3 is 0 Å². The fourth-order valence-corrected chi connectivity index (χ4v) is 3.46. The standard InChI is InChI=1S/C14H10BrClINO2/c15-10-3-6-14(17)12(8-10)13(16)7-9-1-4-11(5-2-9)18(19)20/h1-6,8,13H,7H2. The molecule has 0 amide bonds. The van der Waals surface area contributed by atoms with Crippen LogP contribution in [0.2, 0.25) is 0 Å². The van der Waals surface area contributed by atoms with Crippen molar-refractivity contribution in [1.82, 2.24) is 0 Å². The van der Waals surface area contributed by atoms with Crippen molar-refractivity contribution in [3.05, 3.63) is 71.7 Å². The van der Waals surface area contributed by atoms with Gasteiger partial charge in [-0.25, -0.2) is 0 Å². The molecule has 2 rings (SSSR count). The Hall–Kier alpha value is -0.660. The quantitative estimate of drug-likeness (QED) is 0.259. The number of benzene rings is 2. The number of hydrogen-bond donors (Lipinski definition) is 0. The highest BCUT2D eigenvalue weighted by Crippen LogP contribution is 2.31. The summed E-state index contributed by atoms with van der Waals surface area (Å²) >= 11 is 12.2. The van der Waals surface area contributed by atoms with Crippen LogP contribution in [0, 0.1) is 13.7 Å². The molecule has 0 bridgehead atoms. The normalized spacial score (nSPS) is 12.2. The topological polar surface area (TPSA) is 43.1 Å². The van der Waals surface area contributed by atoms with Crippen molar-refractivity contribution in [3.63, 3.8) is 0 Å². The van der Waals surface area contributed by atoms with Crippen LogP contribution in [0.3, 0.4) is 0 Å². The highest BCUT2D eigenvalue weighted by atomic mass is 127. The van der Waals surface area contributed by atoms with Crippen LogP contribution in [0.15, 0.2) is 46.9 Å². The van der Waals surface area contributed by atoms with Crippen molar-refractivity contribution in [3.8, 4) is 0 Å². The first-order valence-corrected chi connectivity index (χ1v) is 8.10. The molecule has 1 unspecified atom stereocenters. The van der Waals surface area contributed by atoms with E-state index < -0.39 is 4.92 Å². The first-order valence-electron chi connectivity index (χ1n) is 5.79. The van der Waals surface area contributed by atoms with Gasteiger partial charge in [-0.1, -0.05) is 28.1 Å². The van der Waals surface area contributed by atoms with Crippen molar-refractivity contribution in [1.29, 1.82) is 0 Å². The Morgan fingerprint density at radius 2 is 1.90 bits per heavy atom. The first-order chi connectivity index (χ1) is 9.47. The lowest BCUT2D eigenvalue weighted by Gasteiger charge is -2.12. The van der Waals surface area contributed by atoms with E-state index >= 15 is 0 Å². The van der Waals surface area contributed by atoms with E-state index in [9.17, 15) is 10.1 Å². The summed E-state index contributed by atoms with van der Waals surface area (Å²) in [5, 5.41) is 10.4. The number of nitro benzene ring substituents is 1. The lowest BCUT2D eigenvalue weighted by molar-refractivity contribution is -0.384. The maximum absolute atomic E-state index is 10.6. The van der Waals surface area contributed by atoms with Gasteiger partial charge in [0, 0.05) is 20.2 Å². The summed E-state index contributed by atoms with van der Waals surface area (Å²) in [6.45, 7) is 0. The molecular weight excluding hydrogens is 456 g/mol. The second kappa shape index (κ2) is 6.87. The molecule has 0 spiro atoms. The van der Waals surface area contributed by atoms with Crippen molar-refractivity contribution in [2.45, 2.75) is 11.8 Å². The zero-order chi connectivity index (χ0) is 14.7. The Balaban J connectivity index is 2.16. The third kappa shape index (κ3) is 3.93. The minimum Gasteiger partial charge on any atom is -0.258 e. The highest BCUT2D eigenvalue weighted by Gasteiger charge is 2.14. The third-order valence-electron chi connectivity index (χ3n) is 2.86. The molecule has 0 radical (unpaired) electrons. The van der Waals surface area contributed by atoms with Crippen LogP contribution in [0.4, 0.5) is 5.69 Å². The number of non-ortho nitro benzene ring substituents is 1. The van der Waals surface area contributed by atoms with E-state index in [-0.39, 0.29) is 11.1 Å². The molecule has 0 aliphatic rings. The molecule has 0 saturated heterocycles. The summed E-state index contributed by atoms with van der Waals surface area (Å²) in [5.74, 6) is 0. The number of alkyl halides is 1. The van der Waals surface area contributed by atoms with Gasteiger partial charge in [-0.3, -0.25) is 10.1 Å². The Morgan fingerprint density at radius 1 is 1.25 bits per heavy atom. The molecule has 0 aliphatic heterocycles. The van der Waals surface area contributed by atoms with Gasteiger partial charge in [-0.15, -0.1) is 11.6 Å². The average molecular weight is 466 g/mol. The molecule has 104 valence electrons. The largest absolute Gasteiger partial charge is 0.269 e. The summed E-state index contributed by atoms with van der Waals surface area (Å²) in [4.78, 5) is 10.2. The monoisotopic (exact) mass is 465 g/mol. The molecule has 0 heterocycles. The van der Waals surface area contributed by atoms with E-state index in [1.165, 1.54) is 12.1 Å². The lowest BCUT2D eigenvalue weighted by atomic mass is 10.0.